The van der Waals surface area contributed by atoms with Gasteiger partial charge in [-0.25, -0.2) is 9.97 Å². The lowest BCUT2D eigenvalue weighted by molar-refractivity contribution is -0.274. The first kappa shape index (κ1) is 27.6. The number of amides is 1. The summed E-state index contributed by atoms with van der Waals surface area (Å²) in [4.78, 5) is 26.0. The van der Waals surface area contributed by atoms with E-state index in [9.17, 15) is 18.0 Å². The van der Waals surface area contributed by atoms with Crippen LogP contribution in [0.3, 0.4) is 0 Å². The number of carbonyl (C=O) groups is 1. The standard InChI is InChI=1S/C27H34F3N5O4/c1-17-24(26(36)34-10-6-20(7-11-34)33-22-8-12-38-15-23(22)37-2)31-16-32-25(17)35-9-5-18-3-4-21(13-19(18)14-35)39-27(28,29)30/h3-4,13,16,20,22-23,33H,5-12,14-15H2,1-2H3/t22?,23-/m1/s1. The number of carbonyl (C=O) groups excluding carboxylic acids is 1. The Hall–Kier alpha value is -2.96. The van der Waals surface area contributed by atoms with Crippen LogP contribution in [0.5, 0.6) is 5.75 Å². The van der Waals surface area contributed by atoms with Gasteiger partial charge in [-0.15, -0.1) is 13.2 Å². The van der Waals surface area contributed by atoms with Crippen LogP contribution in [0, 0.1) is 6.92 Å². The van der Waals surface area contributed by atoms with Gasteiger partial charge in [-0.2, -0.15) is 0 Å². The van der Waals surface area contributed by atoms with Crippen molar-refractivity contribution in [1.82, 2.24) is 20.2 Å². The highest BCUT2D eigenvalue weighted by Gasteiger charge is 2.33. The number of fused-ring (bicyclic) bond motifs is 1. The van der Waals surface area contributed by atoms with Crippen LogP contribution in [0.4, 0.5) is 19.0 Å². The van der Waals surface area contributed by atoms with Gasteiger partial charge in [0.15, 0.2) is 0 Å². The molecule has 212 valence electrons. The molecule has 0 radical (unpaired) electrons. The monoisotopic (exact) mass is 549 g/mol. The van der Waals surface area contributed by atoms with Gasteiger partial charge in [-0.05, 0) is 55.9 Å². The number of alkyl halides is 3. The third-order valence-corrected chi connectivity index (χ3v) is 7.82. The number of hydrogen-bond acceptors (Lipinski definition) is 8. The molecule has 2 saturated heterocycles. The highest BCUT2D eigenvalue weighted by molar-refractivity contribution is 5.94. The maximum absolute atomic E-state index is 13.5. The minimum Gasteiger partial charge on any atom is -0.406 e. The average Bonchev–Trinajstić information content (AvgIpc) is 2.92. The smallest absolute Gasteiger partial charge is 0.406 e. The molecule has 0 aliphatic carbocycles. The lowest BCUT2D eigenvalue weighted by atomic mass is 9.98. The van der Waals surface area contributed by atoms with E-state index in [-0.39, 0.29) is 23.8 Å². The van der Waals surface area contributed by atoms with Crippen LogP contribution in [0.1, 0.15) is 46.4 Å². The van der Waals surface area contributed by atoms with Crippen LogP contribution in [0.25, 0.3) is 0 Å². The van der Waals surface area contributed by atoms with Crippen molar-refractivity contribution in [3.8, 4) is 5.75 Å². The molecule has 9 nitrogen and oxygen atoms in total. The van der Waals surface area contributed by atoms with Crippen molar-refractivity contribution in [3.05, 3.63) is 46.9 Å². The van der Waals surface area contributed by atoms with Gasteiger partial charge in [0.05, 0.1) is 12.7 Å². The van der Waals surface area contributed by atoms with Gasteiger partial charge in [-0.1, -0.05) is 6.07 Å². The molecule has 0 saturated carbocycles. The van der Waals surface area contributed by atoms with E-state index in [0.717, 1.165) is 37.0 Å². The van der Waals surface area contributed by atoms with Crippen LogP contribution >= 0.6 is 0 Å². The van der Waals surface area contributed by atoms with E-state index >= 15 is 0 Å². The number of ether oxygens (including phenoxy) is 3. The summed E-state index contributed by atoms with van der Waals surface area (Å²) in [5, 5.41) is 3.70. The fourth-order valence-corrected chi connectivity index (χ4v) is 5.72. The Morgan fingerprint density at radius 2 is 1.92 bits per heavy atom. The molecule has 39 heavy (non-hydrogen) atoms. The van der Waals surface area contributed by atoms with E-state index < -0.39 is 6.36 Å². The maximum atomic E-state index is 13.5. The molecule has 5 rings (SSSR count). The number of methoxy groups -OCH3 is 1. The quantitative estimate of drug-likeness (QED) is 0.588. The minimum atomic E-state index is -4.75. The van der Waals surface area contributed by atoms with Crippen LogP contribution in [-0.4, -0.2) is 85.3 Å². The molecule has 1 N–H and O–H groups in total. The molecule has 4 heterocycles. The first-order valence-electron chi connectivity index (χ1n) is 13.3. The number of likely N-dealkylation sites (tertiary alicyclic amines) is 1. The maximum Gasteiger partial charge on any atom is 0.573 e. The largest absolute Gasteiger partial charge is 0.573 e. The van der Waals surface area contributed by atoms with Gasteiger partial charge in [0.1, 0.15) is 23.6 Å². The number of piperidine rings is 1. The first-order chi connectivity index (χ1) is 18.7. The van der Waals surface area contributed by atoms with Crippen molar-refractivity contribution in [2.24, 2.45) is 0 Å². The summed E-state index contributed by atoms with van der Waals surface area (Å²) < 4.78 is 53.3. The molecule has 12 heteroatoms. The second kappa shape index (κ2) is 11.6. The Morgan fingerprint density at radius 1 is 1.13 bits per heavy atom. The zero-order chi connectivity index (χ0) is 27.6. The Kier molecular flexibility index (Phi) is 8.24. The van der Waals surface area contributed by atoms with Crippen LogP contribution in [0.15, 0.2) is 24.5 Å². The fourth-order valence-electron chi connectivity index (χ4n) is 5.72. The summed E-state index contributed by atoms with van der Waals surface area (Å²) in [6, 6.07) is 4.98. The van der Waals surface area contributed by atoms with Crippen molar-refractivity contribution in [2.75, 3.05) is 44.9 Å². The molecule has 1 aromatic heterocycles. The number of nitrogens with zero attached hydrogens (tertiary/aromatic N) is 4. The van der Waals surface area contributed by atoms with Gasteiger partial charge < -0.3 is 29.3 Å². The molecule has 2 aromatic rings. The fraction of sp³-hybridized carbons (Fsp3) is 0.593. The summed E-state index contributed by atoms with van der Waals surface area (Å²) >= 11 is 0. The summed E-state index contributed by atoms with van der Waals surface area (Å²) in [5.74, 6) is 0.238. The van der Waals surface area contributed by atoms with Crippen molar-refractivity contribution >= 4 is 11.7 Å². The van der Waals surface area contributed by atoms with Gasteiger partial charge >= 0.3 is 6.36 Å². The Labute approximate surface area is 225 Å². The molecular formula is C27H34F3N5O4. The zero-order valence-corrected chi connectivity index (χ0v) is 22.2. The number of halogens is 3. The van der Waals surface area contributed by atoms with Crippen LogP contribution < -0.4 is 15.0 Å². The Balaban J connectivity index is 1.23. The summed E-state index contributed by atoms with van der Waals surface area (Å²) in [5.41, 5.74) is 2.73. The summed E-state index contributed by atoms with van der Waals surface area (Å²) in [7, 11) is 1.70. The summed E-state index contributed by atoms with van der Waals surface area (Å²) in [6.07, 6.45) is -0.110. The van der Waals surface area contributed by atoms with Gasteiger partial charge in [0.2, 0.25) is 0 Å². The molecule has 3 aliphatic heterocycles. The van der Waals surface area contributed by atoms with Gasteiger partial charge in [-0.3, -0.25) is 4.79 Å². The van der Waals surface area contributed by atoms with Crippen molar-refractivity contribution in [2.45, 2.75) is 63.7 Å². The third kappa shape index (κ3) is 6.44. The van der Waals surface area contributed by atoms with Gasteiger partial charge in [0, 0.05) is 57.5 Å². The van der Waals surface area contributed by atoms with E-state index in [4.69, 9.17) is 9.47 Å². The van der Waals surface area contributed by atoms with E-state index in [1.54, 1.807) is 13.2 Å². The van der Waals surface area contributed by atoms with Crippen LogP contribution in [0.2, 0.25) is 0 Å². The number of anilines is 1. The van der Waals surface area contributed by atoms with E-state index in [2.05, 4.69) is 20.0 Å². The van der Waals surface area contributed by atoms with E-state index in [0.29, 0.717) is 62.3 Å². The highest BCUT2D eigenvalue weighted by atomic mass is 19.4. The second-order valence-electron chi connectivity index (χ2n) is 10.3. The predicted octanol–water partition coefficient (Wildman–Crippen LogP) is 3.24. The van der Waals surface area contributed by atoms with Crippen molar-refractivity contribution in [3.63, 3.8) is 0 Å². The number of rotatable bonds is 6. The Bertz CT molecular complexity index is 1170. The predicted molar refractivity (Wildman–Crippen MR) is 137 cm³/mol. The first-order valence-corrected chi connectivity index (χ1v) is 13.3. The molecule has 2 atom stereocenters. The van der Waals surface area contributed by atoms with Crippen molar-refractivity contribution < 1.29 is 32.2 Å². The normalized spacial score (nSPS) is 22.5. The third-order valence-electron chi connectivity index (χ3n) is 7.82. The SMILES string of the molecule is CO[C@@H]1COCCC1NC1CCN(C(=O)c2ncnc(N3CCc4ccc(OC(F)(F)F)cc4C3)c2C)CC1. The molecule has 1 aromatic carbocycles. The van der Waals surface area contributed by atoms with Crippen molar-refractivity contribution in [1.29, 1.82) is 0 Å². The lowest BCUT2D eigenvalue weighted by Gasteiger charge is -2.38. The molecule has 1 unspecified atom stereocenters. The molecule has 0 spiro atoms. The van der Waals surface area contributed by atoms with Crippen LogP contribution in [-0.2, 0) is 22.4 Å². The highest BCUT2D eigenvalue weighted by Crippen LogP contribution is 2.31. The molecule has 3 aliphatic rings. The summed E-state index contributed by atoms with van der Waals surface area (Å²) in [6.45, 7) is 5.36. The van der Waals surface area contributed by atoms with E-state index in [1.807, 2.05) is 16.7 Å². The number of benzene rings is 1. The molecule has 1 amide bonds. The zero-order valence-electron chi connectivity index (χ0n) is 22.2. The number of hydrogen-bond donors (Lipinski definition) is 1. The minimum absolute atomic E-state index is 0.0333. The second-order valence-corrected chi connectivity index (χ2v) is 10.3. The number of aromatic nitrogens is 2. The average molecular weight is 550 g/mol. The molecular weight excluding hydrogens is 515 g/mol. The topological polar surface area (TPSA) is 89.1 Å². The molecule has 2 fully saturated rings. The molecule has 0 bridgehead atoms. The Morgan fingerprint density at radius 3 is 2.67 bits per heavy atom. The van der Waals surface area contributed by atoms with E-state index in [1.165, 1.54) is 18.5 Å². The van der Waals surface area contributed by atoms with Gasteiger partial charge in [0.25, 0.3) is 5.91 Å². The lowest BCUT2D eigenvalue weighted by Crippen LogP contribution is -2.54. The number of nitrogens with one attached hydrogen (secondary N) is 1.